The van der Waals surface area contributed by atoms with Gasteiger partial charge in [0.15, 0.2) is 0 Å². The highest BCUT2D eigenvalue weighted by atomic mass is 35.5. The number of amides is 2. The first-order valence-corrected chi connectivity index (χ1v) is 11.3. The molecule has 0 saturated carbocycles. The van der Waals surface area contributed by atoms with E-state index in [0.717, 1.165) is 12.0 Å². The summed E-state index contributed by atoms with van der Waals surface area (Å²) in [5.41, 5.74) is 0.876. The summed E-state index contributed by atoms with van der Waals surface area (Å²) < 4.78 is 5.67. The van der Waals surface area contributed by atoms with Crippen LogP contribution in [0.4, 0.5) is 0 Å². The van der Waals surface area contributed by atoms with E-state index in [1.807, 2.05) is 32.0 Å². The molecule has 1 N–H and O–H groups in total. The molecule has 0 aliphatic heterocycles. The molecule has 0 unspecified atom stereocenters. The lowest BCUT2D eigenvalue weighted by molar-refractivity contribution is -0.141. The Kier molecular flexibility index (Phi) is 10.2. The van der Waals surface area contributed by atoms with Crippen LogP contribution in [0.1, 0.15) is 45.6 Å². The van der Waals surface area contributed by atoms with Gasteiger partial charge in [-0.25, -0.2) is 0 Å². The van der Waals surface area contributed by atoms with E-state index in [-0.39, 0.29) is 24.3 Å². The number of nitrogens with one attached hydrogen (secondary N) is 1. The summed E-state index contributed by atoms with van der Waals surface area (Å²) in [5.74, 6) is 0.433. The lowest BCUT2D eigenvalue weighted by atomic mass is 10.1. The van der Waals surface area contributed by atoms with Gasteiger partial charge in [-0.15, -0.1) is 0 Å². The third-order valence-electron chi connectivity index (χ3n) is 5.03. The van der Waals surface area contributed by atoms with Gasteiger partial charge in [0.05, 0.1) is 6.61 Å². The maximum absolute atomic E-state index is 13.0. The molecule has 0 radical (unpaired) electrons. The molecule has 2 aromatic rings. The van der Waals surface area contributed by atoms with Gasteiger partial charge >= 0.3 is 0 Å². The first-order chi connectivity index (χ1) is 14.8. The van der Waals surface area contributed by atoms with E-state index in [1.54, 1.807) is 42.2 Å². The van der Waals surface area contributed by atoms with Crippen molar-refractivity contribution in [3.8, 4) is 5.75 Å². The highest BCUT2D eigenvalue weighted by molar-refractivity contribution is 6.30. The molecule has 168 valence electrons. The predicted octanol–water partition coefficient (Wildman–Crippen LogP) is 5.48. The van der Waals surface area contributed by atoms with Crippen LogP contribution >= 0.6 is 23.2 Å². The molecule has 2 atom stereocenters. The summed E-state index contributed by atoms with van der Waals surface area (Å²) in [4.78, 5) is 27.3. The minimum atomic E-state index is -0.599. The fourth-order valence-electron chi connectivity index (χ4n) is 2.97. The van der Waals surface area contributed by atoms with E-state index in [1.165, 1.54) is 0 Å². The number of halogens is 2. The number of hydrogen-bond acceptors (Lipinski definition) is 3. The van der Waals surface area contributed by atoms with Crippen molar-refractivity contribution in [3.63, 3.8) is 0 Å². The molecule has 0 saturated heterocycles. The minimum absolute atomic E-state index is 0.0471. The van der Waals surface area contributed by atoms with Crippen molar-refractivity contribution in [2.24, 2.45) is 0 Å². The monoisotopic (exact) mass is 464 g/mol. The molecule has 0 aliphatic rings. The van der Waals surface area contributed by atoms with Crippen molar-refractivity contribution in [2.45, 2.75) is 58.7 Å². The smallest absolute Gasteiger partial charge is 0.242 e. The molecule has 0 bridgehead atoms. The molecule has 5 nitrogen and oxygen atoms in total. The van der Waals surface area contributed by atoms with Crippen LogP contribution in [0.15, 0.2) is 48.5 Å². The summed E-state index contributed by atoms with van der Waals surface area (Å²) in [7, 11) is 0. The lowest BCUT2D eigenvalue weighted by Gasteiger charge is -2.30. The van der Waals surface area contributed by atoms with E-state index >= 15 is 0 Å². The standard InChI is InChI=1S/C24H30Cl2N2O3/c1-4-17(2)27-24(30)18(3)28(16-19-7-5-8-21(26)15-19)23(29)9-6-14-31-22-12-10-20(25)11-13-22/h5,7-8,10-13,15,17-18H,4,6,9,14,16H2,1-3H3,(H,27,30)/t17-,18+/m0/s1. The Balaban J connectivity index is 2.00. The SMILES string of the molecule is CC[C@H](C)NC(=O)[C@@H](C)N(Cc1cccc(Cl)c1)C(=O)CCCOc1ccc(Cl)cc1. The number of hydrogen-bond donors (Lipinski definition) is 1. The number of nitrogens with zero attached hydrogens (tertiary/aromatic N) is 1. The van der Waals surface area contributed by atoms with Crippen molar-refractivity contribution in [2.75, 3.05) is 6.61 Å². The van der Waals surface area contributed by atoms with Gasteiger partial charge in [-0.1, -0.05) is 42.3 Å². The molecule has 2 aromatic carbocycles. The van der Waals surface area contributed by atoms with Crippen LogP contribution in [0.5, 0.6) is 5.75 Å². The van der Waals surface area contributed by atoms with Crippen molar-refractivity contribution in [1.29, 1.82) is 0 Å². The average molecular weight is 465 g/mol. The summed E-state index contributed by atoms with van der Waals surface area (Å²) in [6.45, 7) is 6.41. The molecule has 0 spiro atoms. The summed E-state index contributed by atoms with van der Waals surface area (Å²) in [6.07, 6.45) is 1.63. The predicted molar refractivity (Wildman–Crippen MR) is 126 cm³/mol. The van der Waals surface area contributed by atoms with E-state index in [9.17, 15) is 9.59 Å². The topological polar surface area (TPSA) is 58.6 Å². The largest absolute Gasteiger partial charge is 0.494 e. The van der Waals surface area contributed by atoms with Crippen molar-refractivity contribution >= 4 is 35.0 Å². The van der Waals surface area contributed by atoms with Crippen LogP contribution in [0.25, 0.3) is 0 Å². The minimum Gasteiger partial charge on any atom is -0.494 e. The second-order valence-corrected chi connectivity index (χ2v) is 8.42. The maximum Gasteiger partial charge on any atom is 0.242 e. The summed E-state index contributed by atoms with van der Waals surface area (Å²) in [6, 6.07) is 13.9. The second kappa shape index (κ2) is 12.6. The Morgan fingerprint density at radius 3 is 2.42 bits per heavy atom. The molecule has 0 fully saturated rings. The highest BCUT2D eigenvalue weighted by Gasteiger charge is 2.26. The first-order valence-electron chi connectivity index (χ1n) is 10.5. The van der Waals surface area contributed by atoms with Crippen molar-refractivity contribution < 1.29 is 14.3 Å². The lowest BCUT2D eigenvalue weighted by Crippen LogP contribution is -2.49. The fourth-order valence-corrected chi connectivity index (χ4v) is 3.31. The molecule has 2 rings (SSSR count). The molecule has 0 aromatic heterocycles. The van der Waals surface area contributed by atoms with Gasteiger partial charge < -0.3 is 15.0 Å². The van der Waals surface area contributed by atoms with E-state index in [0.29, 0.717) is 35.4 Å². The molecule has 2 amide bonds. The Labute approximate surface area is 194 Å². The second-order valence-electron chi connectivity index (χ2n) is 7.55. The van der Waals surface area contributed by atoms with Crippen LogP contribution < -0.4 is 10.1 Å². The number of benzene rings is 2. The first kappa shape index (κ1) is 25.0. The van der Waals surface area contributed by atoms with Gasteiger partial charge in [-0.2, -0.15) is 0 Å². The Bertz CT molecular complexity index is 858. The highest BCUT2D eigenvalue weighted by Crippen LogP contribution is 2.18. The number of rotatable bonds is 11. The number of carbonyl (C=O) groups excluding carboxylic acids is 2. The molecule has 0 heterocycles. The Hall–Kier alpha value is -2.24. The van der Waals surface area contributed by atoms with E-state index in [4.69, 9.17) is 27.9 Å². The third-order valence-corrected chi connectivity index (χ3v) is 5.51. The number of ether oxygens (including phenoxy) is 1. The van der Waals surface area contributed by atoms with E-state index in [2.05, 4.69) is 5.32 Å². The zero-order valence-corrected chi connectivity index (χ0v) is 19.7. The molecule has 31 heavy (non-hydrogen) atoms. The quantitative estimate of drug-likeness (QED) is 0.447. The van der Waals surface area contributed by atoms with Crippen molar-refractivity contribution in [1.82, 2.24) is 10.2 Å². The molecular formula is C24H30Cl2N2O3. The fraction of sp³-hybridized carbons (Fsp3) is 0.417. The summed E-state index contributed by atoms with van der Waals surface area (Å²) in [5, 5.41) is 4.20. The van der Waals surface area contributed by atoms with Gasteiger partial charge in [0.1, 0.15) is 11.8 Å². The Morgan fingerprint density at radius 1 is 1.06 bits per heavy atom. The van der Waals surface area contributed by atoms with Crippen LogP contribution in [0.2, 0.25) is 10.0 Å². The third kappa shape index (κ3) is 8.42. The zero-order chi connectivity index (χ0) is 22.8. The summed E-state index contributed by atoms with van der Waals surface area (Å²) >= 11 is 12.0. The molecule has 7 heteroatoms. The van der Waals surface area contributed by atoms with Crippen LogP contribution in [-0.2, 0) is 16.1 Å². The van der Waals surface area contributed by atoms with Gasteiger partial charge in [0.25, 0.3) is 0 Å². The van der Waals surface area contributed by atoms with Crippen molar-refractivity contribution in [3.05, 3.63) is 64.1 Å². The number of carbonyl (C=O) groups is 2. The van der Waals surface area contributed by atoms with Gasteiger partial charge in [-0.05, 0) is 68.7 Å². The molecule has 0 aliphatic carbocycles. The van der Waals surface area contributed by atoms with Crippen LogP contribution in [-0.4, -0.2) is 35.4 Å². The zero-order valence-electron chi connectivity index (χ0n) is 18.2. The van der Waals surface area contributed by atoms with Gasteiger partial charge in [0.2, 0.25) is 11.8 Å². The normalized spacial score (nSPS) is 12.7. The Morgan fingerprint density at radius 2 is 1.77 bits per heavy atom. The van der Waals surface area contributed by atoms with E-state index < -0.39 is 6.04 Å². The van der Waals surface area contributed by atoms with Gasteiger partial charge in [0, 0.05) is 29.1 Å². The van der Waals surface area contributed by atoms with Crippen LogP contribution in [0, 0.1) is 0 Å². The maximum atomic E-state index is 13.0. The van der Waals surface area contributed by atoms with Gasteiger partial charge in [-0.3, -0.25) is 9.59 Å². The van der Waals surface area contributed by atoms with Crippen LogP contribution in [0.3, 0.4) is 0 Å². The molecular weight excluding hydrogens is 435 g/mol. The average Bonchev–Trinajstić information content (AvgIpc) is 2.75.